The van der Waals surface area contributed by atoms with Crippen molar-refractivity contribution >= 4 is 16.5 Å². The predicted molar refractivity (Wildman–Crippen MR) is 75.7 cm³/mol. The first-order valence-corrected chi connectivity index (χ1v) is 6.94. The molecule has 0 saturated heterocycles. The number of benzene rings is 1. The number of nitrogens with one attached hydrogen (secondary N) is 1. The van der Waals surface area contributed by atoms with Crippen molar-refractivity contribution in [3.63, 3.8) is 0 Å². The fourth-order valence-corrected chi connectivity index (χ4v) is 2.43. The topological polar surface area (TPSA) is 24.9 Å². The Bertz CT molecular complexity index is 459. The third kappa shape index (κ3) is 3.07. The monoisotopic (exact) mass is 246 g/mol. The van der Waals surface area contributed by atoms with Crippen molar-refractivity contribution in [3.8, 4) is 11.3 Å². The van der Waals surface area contributed by atoms with Crippen molar-refractivity contribution in [3.05, 3.63) is 35.2 Å². The van der Waals surface area contributed by atoms with Gasteiger partial charge in [-0.2, -0.15) is 0 Å². The first-order valence-electron chi connectivity index (χ1n) is 6.06. The van der Waals surface area contributed by atoms with E-state index in [1.54, 1.807) is 11.3 Å². The van der Waals surface area contributed by atoms with E-state index in [0.29, 0.717) is 0 Å². The number of thiazole rings is 1. The number of hydrogen-bond acceptors (Lipinski definition) is 3. The smallest absolute Gasteiger partial charge is 0.182 e. The molecule has 0 saturated carbocycles. The van der Waals surface area contributed by atoms with Crippen LogP contribution in [0.1, 0.15) is 25.3 Å². The molecule has 90 valence electrons. The van der Waals surface area contributed by atoms with Crippen molar-refractivity contribution in [2.24, 2.45) is 0 Å². The van der Waals surface area contributed by atoms with Crippen molar-refractivity contribution in [2.75, 3.05) is 12.4 Å². The van der Waals surface area contributed by atoms with Crippen LogP contribution in [0.5, 0.6) is 0 Å². The number of unbranched alkanes of at least 4 members (excludes halogenated alkanes) is 1. The summed E-state index contributed by atoms with van der Waals surface area (Å²) in [6, 6.07) is 8.76. The van der Waals surface area contributed by atoms with Crippen molar-refractivity contribution < 1.29 is 0 Å². The molecule has 2 rings (SSSR count). The minimum Gasteiger partial charge on any atom is -0.365 e. The molecule has 0 radical (unpaired) electrons. The van der Waals surface area contributed by atoms with Gasteiger partial charge in [-0.15, -0.1) is 11.3 Å². The number of aryl methyl sites for hydroxylation is 1. The number of rotatable bonds is 5. The van der Waals surface area contributed by atoms with Gasteiger partial charge in [-0.25, -0.2) is 4.98 Å². The van der Waals surface area contributed by atoms with Gasteiger partial charge in [0, 0.05) is 18.0 Å². The molecular weight excluding hydrogens is 228 g/mol. The molecule has 0 fully saturated rings. The van der Waals surface area contributed by atoms with E-state index >= 15 is 0 Å². The molecule has 2 nitrogen and oxygen atoms in total. The van der Waals surface area contributed by atoms with E-state index in [2.05, 4.69) is 46.9 Å². The van der Waals surface area contributed by atoms with Gasteiger partial charge in [-0.1, -0.05) is 37.6 Å². The summed E-state index contributed by atoms with van der Waals surface area (Å²) in [5, 5.41) is 6.12. The second-order valence-corrected chi connectivity index (χ2v) is 4.95. The molecule has 2 aromatic rings. The third-order valence-electron chi connectivity index (χ3n) is 2.79. The second kappa shape index (κ2) is 5.82. The summed E-state index contributed by atoms with van der Waals surface area (Å²) in [5.41, 5.74) is 3.67. The number of hydrogen-bond donors (Lipinski definition) is 1. The van der Waals surface area contributed by atoms with Gasteiger partial charge < -0.3 is 5.32 Å². The van der Waals surface area contributed by atoms with Crippen LogP contribution in [0.4, 0.5) is 5.13 Å². The van der Waals surface area contributed by atoms with Crippen LogP contribution in [-0.2, 0) is 6.42 Å². The van der Waals surface area contributed by atoms with Gasteiger partial charge in [0.05, 0.1) is 5.69 Å². The lowest BCUT2D eigenvalue weighted by Gasteiger charge is -2.01. The van der Waals surface area contributed by atoms with Gasteiger partial charge in [0.2, 0.25) is 0 Å². The van der Waals surface area contributed by atoms with Gasteiger partial charge in [0.1, 0.15) is 0 Å². The summed E-state index contributed by atoms with van der Waals surface area (Å²) in [5.74, 6) is 0. The van der Waals surface area contributed by atoms with Crippen molar-refractivity contribution in [2.45, 2.75) is 26.2 Å². The van der Waals surface area contributed by atoms with Crippen LogP contribution < -0.4 is 5.32 Å². The normalized spacial score (nSPS) is 10.5. The highest BCUT2D eigenvalue weighted by Crippen LogP contribution is 2.24. The minimum absolute atomic E-state index is 0.968. The lowest BCUT2D eigenvalue weighted by Crippen LogP contribution is -1.87. The number of anilines is 1. The van der Waals surface area contributed by atoms with Gasteiger partial charge in [-0.05, 0) is 18.4 Å². The zero-order valence-electron chi connectivity index (χ0n) is 10.4. The molecule has 1 heterocycles. The summed E-state index contributed by atoms with van der Waals surface area (Å²) in [6.07, 6.45) is 3.69. The molecule has 1 N–H and O–H groups in total. The van der Waals surface area contributed by atoms with Gasteiger partial charge in [0.15, 0.2) is 5.13 Å². The van der Waals surface area contributed by atoms with E-state index in [1.165, 1.54) is 30.4 Å². The van der Waals surface area contributed by atoms with Crippen LogP contribution in [0.15, 0.2) is 29.6 Å². The summed E-state index contributed by atoms with van der Waals surface area (Å²) in [6.45, 7) is 2.23. The van der Waals surface area contributed by atoms with Crippen LogP contribution in [0.25, 0.3) is 11.3 Å². The maximum absolute atomic E-state index is 4.50. The first-order chi connectivity index (χ1) is 8.33. The van der Waals surface area contributed by atoms with E-state index in [9.17, 15) is 0 Å². The average Bonchev–Trinajstić information content (AvgIpc) is 2.86. The highest BCUT2D eigenvalue weighted by atomic mass is 32.1. The second-order valence-electron chi connectivity index (χ2n) is 4.09. The lowest BCUT2D eigenvalue weighted by molar-refractivity contribution is 0.795. The molecule has 0 atom stereocenters. The molecule has 3 heteroatoms. The zero-order valence-corrected chi connectivity index (χ0v) is 11.2. The van der Waals surface area contributed by atoms with E-state index in [0.717, 1.165) is 10.8 Å². The molecule has 0 aliphatic carbocycles. The maximum atomic E-state index is 4.50. The fourth-order valence-electron chi connectivity index (χ4n) is 1.74. The molecule has 1 aromatic heterocycles. The van der Waals surface area contributed by atoms with Crippen LogP contribution in [0.3, 0.4) is 0 Å². The molecule has 1 aromatic carbocycles. The fraction of sp³-hybridized carbons (Fsp3) is 0.357. The predicted octanol–water partition coefficient (Wildman–Crippen LogP) is 4.19. The van der Waals surface area contributed by atoms with Crippen LogP contribution in [0, 0.1) is 0 Å². The van der Waals surface area contributed by atoms with Crippen molar-refractivity contribution in [1.82, 2.24) is 4.98 Å². The first kappa shape index (κ1) is 12.1. The molecule has 0 bridgehead atoms. The zero-order chi connectivity index (χ0) is 12.1. The maximum Gasteiger partial charge on any atom is 0.182 e. The Balaban J connectivity index is 2.11. The SMILES string of the molecule is CCCCc1ccc(-c2csc(NC)n2)cc1. The number of nitrogens with zero attached hydrogens (tertiary/aromatic N) is 1. The van der Waals surface area contributed by atoms with Crippen LogP contribution in [0.2, 0.25) is 0 Å². The van der Waals surface area contributed by atoms with Gasteiger partial charge >= 0.3 is 0 Å². The summed E-state index contributed by atoms with van der Waals surface area (Å²) in [7, 11) is 1.90. The van der Waals surface area contributed by atoms with E-state index in [4.69, 9.17) is 0 Å². The summed E-state index contributed by atoms with van der Waals surface area (Å²) in [4.78, 5) is 4.50. The molecule has 17 heavy (non-hydrogen) atoms. The van der Waals surface area contributed by atoms with Gasteiger partial charge in [0.25, 0.3) is 0 Å². The molecule has 0 spiro atoms. The molecule has 0 amide bonds. The Morgan fingerprint density at radius 1 is 1.24 bits per heavy atom. The Kier molecular flexibility index (Phi) is 4.15. The van der Waals surface area contributed by atoms with Gasteiger partial charge in [-0.3, -0.25) is 0 Å². The Morgan fingerprint density at radius 2 is 2.00 bits per heavy atom. The largest absolute Gasteiger partial charge is 0.365 e. The Labute approximate surface area is 107 Å². The highest BCUT2D eigenvalue weighted by molar-refractivity contribution is 7.14. The minimum atomic E-state index is 0.968. The lowest BCUT2D eigenvalue weighted by atomic mass is 10.1. The number of aromatic nitrogens is 1. The molecule has 0 unspecified atom stereocenters. The summed E-state index contributed by atoms with van der Waals surface area (Å²) >= 11 is 1.64. The third-order valence-corrected chi connectivity index (χ3v) is 3.65. The van der Waals surface area contributed by atoms with E-state index in [1.807, 2.05) is 7.05 Å². The van der Waals surface area contributed by atoms with Crippen LogP contribution in [-0.4, -0.2) is 12.0 Å². The standard InChI is InChI=1S/C14H18N2S/c1-3-4-5-11-6-8-12(9-7-11)13-10-17-14(15-2)16-13/h6-10H,3-5H2,1-2H3,(H,15,16). The molecular formula is C14H18N2S. The average molecular weight is 246 g/mol. The van der Waals surface area contributed by atoms with E-state index in [-0.39, 0.29) is 0 Å². The quantitative estimate of drug-likeness (QED) is 0.855. The van der Waals surface area contributed by atoms with Crippen molar-refractivity contribution in [1.29, 1.82) is 0 Å². The van der Waals surface area contributed by atoms with E-state index < -0.39 is 0 Å². The Hall–Kier alpha value is -1.35. The Morgan fingerprint density at radius 3 is 2.59 bits per heavy atom. The molecule has 0 aliphatic heterocycles. The van der Waals surface area contributed by atoms with Crippen LogP contribution >= 0.6 is 11.3 Å². The summed E-state index contributed by atoms with van der Waals surface area (Å²) < 4.78 is 0. The highest BCUT2D eigenvalue weighted by Gasteiger charge is 2.03. The molecule has 0 aliphatic rings.